The summed E-state index contributed by atoms with van der Waals surface area (Å²) in [5.41, 5.74) is 2.41. The van der Waals surface area contributed by atoms with Gasteiger partial charge in [-0.1, -0.05) is 44.0 Å². The number of rotatable bonds is 1. The Morgan fingerprint density at radius 3 is 2.14 bits per heavy atom. The first-order chi connectivity index (χ1) is 6.29. The van der Waals surface area contributed by atoms with Crippen molar-refractivity contribution in [3.8, 4) is 0 Å². The van der Waals surface area contributed by atoms with E-state index in [1.54, 1.807) is 0 Å². The van der Waals surface area contributed by atoms with Crippen LogP contribution in [0, 0.1) is 12.3 Å². The molecule has 0 aliphatic heterocycles. The highest BCUT2D eigenvalue weighted by molar-refractivity contribution is 6.34. The van der Waals surface area contributed by atoms with Crippen LogP contribution < -0.4 is 0 Å². The van der Waals surface area contributed by atoms with Gasteiger partial charge in [0.1, 0.15) is 0 Å². The van der Waals surface area contributed by atoms with Crippen molar-refractivity contribution in [2.45, 2.75) is 34.1 Å². The molecule has 1 aromatic rings. The van der Waals surface area contributed by atoms with E-state index in [2.05, 4.69) is 20.8 Å². The van der Waals surface area contributed by atoms with E-state index in [4.69, 9.17) is 23.2 Å². The van der Waals surface area contributed by atoms with E-state index in [0.29, 0.717) is 0 Å². The molecule has 0 atom stereocenters. The van der Waals surface area contributed by atoms with E-state index >= 15 is 0 Å². The first kappa shape index (κ1) is 11.9. The SMILES string of the molecule is Cc1cc(Cl)c(CC(C)(C)C)cc1Cl. The highest BCUT2D eigenvalue weighted by Gasteiger charge is 2.14. The molecule has 0 unspecified atom stereocenters. The van der Waals surface area contributed by atoms with Gasteiger partial charge >= 0.3 is 0 Å². The molecule has 0 saturated carbocycles. The second kappa shape index (κ2) is 4.12. The minimum atomic E-state index is 0.238. The summed E-state index contributed by atoms with van der Waals surface area (Å²) in [6.45, 7) is 8.54. The molecule has 0 heterocycles. The van der Waals surface area contributed by atoms with E-state index in [9.17, 15) is 0 Å². The highest BCUT2D eigenvalue weighted by Crippen LogP contribution is 2.30. The van der Waals surface area contributed by atoms with Crippen molar-refractivity contribution in [1.82, 2.24) is 0 Å². The zero-order valence-electron chi connectivity index (χ0n) is 9.12. The first-order valence-corrected chi connectivity index (χ1v) is 5.50. The van der Waals surface area contributed by atoms with Crippen LogP contribution in [0.4, 0.5) is 0 Å². The van der Waals surface area contributed by atoms with Crippen LogP contribution in [-0.2, 0) is 6.42 Å². The van der Waals surface area contributed by atoms with Crippen LogP contribution >= 0.6 is 23.2 Å². The maximum absolute atomic E-state index is 6.15. The Hall–Kier alpha value is -0.200. The Morgan fingerprint density at radius 1 is 1.07 bits per heavy atom. The van der Waals surface area contributed by atoms with Crippen LogP contribution in [0.15, 0.2) is 12.1 Å². The monoisotopic (exact) mass is 230 g/mol. The van der Waals surface area contributed by atoms with E-state index in [-0.39, 0.29) is 5.41 Å². The predicted molar refractivity (Wildman–Crippen MR) is 64.4 cm³/mol. The maximum atomic E-state index is 6.15. The Balaban J connectivity index is 3.04. The predicted octanol–water partition coefficient (Wildman–Crippen LogP) is 4.89. The fourth-order valence-corrected chi connectivity index (χ4v) is 1.87. The third-order valence-corrected chi connectivity index (χ3v) is 2.81. The molecule has 2 heteroatoms. The lowest BCUT2D eigenvalue weighted by Crippen LogP contribution is -2.09. The minimum absolute atomic E-state index is 0.238. The van der Waals surface area contributed by atoms with Gasteiger partial charge in [-0.3, -0.25) is 0 Å². The Labute approximate surface area is 96.2 Å². The van der Waals surface area contributed by atoms with Crippen LogP contribution in [0.2, 0.25) is 10.0 Å². The van der Waals surface area contributed by atoms with Gasteiger partial charge in [0.15, 0.2) is 0 Å². The normalized spacial score (nSPS) is 11.9. The van der Waals surface area contributed by atoms with Gasteiger partial charge < -0.3 is 0 Å². The Morgan fingerprint density at radius 2 is 1.64 bits per heavy atom. The van der Waals surface area contributed by atoms with Crippen LogP contribution in [-0.4, -0.2) is 0 Å². The number of halogens is 2. The fraction of sp³-hybridized carbons (Fsp3) is 0.500. The summed E-state index contributed by atoms with van der Waals surface area (Å²) >= 11 is 12.2. The van der Waals surface area contributed by atoms with Crippen LogP contribution in [0.25, 0.3) is 0 Å². The molecule has 0 spiro atoms. The third-order valence-electron chi connectivity index (χ3n) is 2.05. The molecule has 0 aliphatic rings. The summed E-state index contributed by atoms with van der Waals surface area (Å²) < 4.78 is 0. The molecule has 1 aromatic carbocycles. The molecular weight excluding hydrogens is 215 g/mol. The number of aryl methyl sites for hydroxylation is 1. The topological polar surface area (TPSA) is 0 Å². The molecule has 0 bridgehead atoms. The molecule has 0 nitrogen and oxygen atoms in total. The molecule has 14 heavy (non-hydrogen) atoms. The molecule has 0 radical (unpaired) electrons. The second-order valence-electron chi connectivity index (χ2n) is 4.93. The Bertz CT molecular complexity index is 335. The van der Waals surface area contributed by atoms with Crippen molar-refractivity contribution in [3.05, 3.63) is 33.3 Å². The summed E-state index contributed by atoms with van der Waals surface area (Å²) in [5, 5.41) is 1.62. The van der Waals surface area contributed by atoms with E-state index < -0.39 is 0 Å². The molecule has 1 rings (SSSR count). The maximum Gasteiger partial charge on any atom is 0.0441 e. The molecule has 0 saturated heterocycles. The van der Waals surface area contributed by atoms with Gasteiger partial charge in [-0.2, -0.15) is 0 Å². The van der Waals surface area contributed by atoms with Gasteiger partial charge in [0.05, 0.1) is 0 Å². The molecule has 0 amide bonds. The number of hydrogen-bond donors (Lipinski definition) is 0. The third kappa shape index (κ3) is 3.18. The van der Waals surface area contributed by atoms with Crippen molar-refractivity contribution in [1.29, 1.82) is 0 Å². The second-order valence-corrected chi connectivity index (χ2v) is 5.74. The summed E-state index contributed by atoms with van der Waals surface area (Å²) in [4.78, 5) is 0. The molecular formula is C12H16Cl2. The zero-order chi connectivity index (χ0) is 10.9. The van der Waals surface area contributed by atoms with Gasteiger partial charge in [0, 0.05) is 10.0 Å². The smallest absolute Gasteiger partial charge is 0.0441 e. The van der Waals surface area contributed by atoms with E-state index in [0.717, 1.165) is 27.6 Å². The Kier molecular flexibility index (Phi) is 3.49. The minimum Gasteiger partial charge on any atom is -0.0840 e. The molecule has 0 aromatic heterocycles. The quantitative estimate of drug-likeness (QED) is 0.645. The van der Waals surface area contributed by atoms with E-state index in [1.165, 1.54) is 0 Å². The zero-order valence-corrected chi connectivity index (χ0v) is 10.6. The molecule has 0 fully saturated rings. The number of benzene rings is 1. The van der Waals surface area contributed by atoms with Gasteiger partial charge in [-0.25, -0.2) is 0 Å². The standard InChI is InChI=1S/C12H16Cl2/c1-8-5-11(14)9(6-10(8)13)7-12(2,3)4/h5-6H,7H2,1-4H3. The van der Waals surface area contributed by atoms with Gasteiger partial charge in [-0.05, 0) is 42.0 Å². The van der Waals surface area contributed by atoms with Crippen molar-refractivity contribution in [3.63, 3.8) is 0 Å². The highest BCUT2D eigenvalue weighted by atomic mass is 35.5. The largest absolute Gasteiger partial charge is 0.0840 e. The van der Waals surface area contributed by atoms with Crippen molar-refractivity contribution in [2.24, 2.45) is 5.41 Å². The van der Waals surface area contributed by atoms with Crippen LogP contribution in [0.5, 0.6) is 0 Å². The average molecular weight is 231 g/mol. The average Bonchev–Trinajstić information content (AvgIpc) is 1.97. The summed E-state index contributed by atoms with van der Waals surface area (Å²) in [7, 11) is 0. The summed E-state index contributed by atoms with van der Waals surface area (Å²) in [6.07, 6.45) is 0.950. The number of hydrogen-bond acceptors (Lipinski definition) is 0. The van der Waals surface area contributed by atoms with Crippen LogP contribution in [0.3, 0.4) is 0 Å². The first-order valence-electron chi connectivity index (χ1n) is 4.74. The lowest BCUT2D eigenvalue weighted by Gasteiger charge is -2.19. The summed E-state index contributed by atoms with van der Waals surface area (Å²) in [5.74, 6) is 0. The van der Waals surface area contributed by atoms with Gasteiger partial charge in [0.25, 0.3) is 0 Å². The summed E-state index contributed by atoms with van der Waals surface area (Å²) in [6, 6.07) is 3.91. The van der Waals surface area contributed by atoms with E-state index in [1.807, 2.05) is 19.1 Å². The lowest BCUT2D eigenvalue weighted by atomic mass is 9.88. The molecule has 78 valence electrons. The van der Waals surface area contributed by atoms with Gasteiger partial charge in [0.2, 0.25) is 0 Å². The molecule has 0 aliphatic carbocycles. The van der Waals surface area contributed by atoms with Crippen molar-refractivity contribution >= 4 is 23.2 Å². The van der Waals surface area contributed by atoms with Crippen molar-refractivity contribution < 1.29 is 0 Å². The fourth-order valence-electron chi connectivity index (χ4n) is 1.39. The van der Waals surface area contributed by atoms with Gasteiger partial charge in [-0.15, -0.1) is 0 Å². The molecule has 0 N–H and O–H groups in total. The lowest BCUT2D eigenvalue weighted by molar-refractivity contribution is 0.411. The van der Waals surface area contributed by atoms with Crippen LogP contribution in [0.1, 0.15) is 31.9 Å². The van der Waals surface area contributed by atoms with Crippen molar-refractivity contribution in [2.75, 3.05) is 0 Å².